The fourth-order valence-electron chi connectivity index (χ4n) is 1.50. The Hall–Kier alpha value is -2.14. The largest absolute Gasteiger partial charge is 0.396 e. The minimum Gasteiger partial charge on any atom is -0.396 e. The number of hydrogen-bond acceptors (Lipinski definition) is 3. The van der Waals surface area contributed by atoms with Gasteiger partial charge in [0.1, 0.15) is 5.82 Å². The van der Waals surface area contributed by atoms with Crippen molar-refractivity contribution >= 4 is 28.9 Å². The Balaban J connectivity index is 2.25. The fourth-order valence-corrected chi connectivity index (χ4v) is 1.65. The van der Waals surface area contributed by atoms with Crippen LogP contribution >= 0.6 is 11.6 Å². The first-order valence-corrected chi connectivity index (χ1v) is 5.83. The molecule has 1 aromatic carbocycles. The molecule has 6 heteroatoms. The summed E-state index contributed by atoms with van der Waals surface area (Å²) in [6.07, 6.45) is 1.58. The molecule has 0 spiro atoms. The van der Waals surface area contributed by atoms with Crippen molar-refractivity contribution in [2.45, 2.75) is 6.92 Å². The van der Waals surface area contributed by atoms with Crippen LogP contribution in [0.5, 0.6) is 0 Å². The van der Waals surface area contributed by atoms with E-state index >= 15 is 0 Å². The molecule has 4 nitrogen and oxygen atoms in total. The Kier molecular flexibility index (Phi) is 3.66. The minimum absolute atomic E-state index is 0.00759. The summed E-state index contributed by atoms with van der Waals surface area (Å²) in [6.45, 7) is 1.82. The molecule has 0 unspecified atom stereocenters. The first-order chi connectivity index (χ1) is 8.97. The molecule has 0 atom stereocenters. The van der Waals surface area contributed by atoms with E-state index in [-0.39, 0.29) is 16.4 Å². The number of halogens is 2. The highest BCUT2D eigenvalue weighted by molar-refractivity contribution is 6.32. The van der Waals surface area contributed by atoms with Crippen LogP contribution in [-0.2, 0) is 0 Å². The van der Waals surface area contributed by atoms with Crippen LogP contribution in [0, 0.1) is 12.7 Å². The maximum absolute atomic E-state index is 13.3. The third-order valence-electron chi connectivity index (χ3n) is 2.49. The molecule has 1 amide bonds. The molecule has 0 saturated heterocycles. The quantitative estimate of drug-likeness (QED) is 0.656. The number of benzene rings is 1. The number of nitrogens with one attached hydrogen (secondary N) is 1. The second-order valence-electron chi connectivity index (χ2n) is 4.04. The number of nitrogens with two attached hydrogens (primary N) is 1. The van der Waals surface area contributed by atoms with Gasteiger partial charge in [0, 0.05) is 11.8 Å². The van der Waals surface area contributed by atoms with E-state index in [0.29, 0.717) is 5.69 Å². The van der Waals surface area contributed by atoms with Crippen molar-refractivity contribution in [1.29, 1.82) is 0 Å². The maximum atomic E-state index is 13.3. The Morgan fingerprint density at radius 3 is 2.84 bits per heavy atom. The second kappa shape index (κ2) is 5.24. The predicted octanol–water partition coefficient (Wildman–Crippen LogP) is 3.02. The van der Waals surface area contributed by atoms with Crippen molar-refractivity contribution in [3.63, 3.8) is 0 Å². The summed E-state index contributed by atoms with van der Waals surface area (Å²) in [5.74, 6) is -1.12. The van der Waals surface area contributed by atoms with E-state index in [1.807, 2.05) is 6.92 Å². The number of nitrogen functional groups attached to an aromatic ring is 1. The van der Waals surface area contributed by atoms with Crippen LogP contribution in [0.15, 0.2) is 30.5 Å². The molecule has 2 aromatic rings. The highest BCUT2D eigenvalue weighted by atomic mass is 35.5. The molecule has 3 N–H and O–H groups in total. The molecule has 0 bridgehead atoms. The summed E-state index contributed by atoms with van der Waals surface area (Å²) in [6, 6.07) is 5.52. The molecular formula is C13H11ClFN3O. The van der Waals surface area contributed by atoms with Crippen LogP contribution in [0.1, 0.15) is 15.9 Å². The van der Waals surface area contributed by atoms with Crippen molar-refractivity contribution in [3.05, 3.63) is 52.6 Å². The normalized spacial score (nSPS) is 10.3. The maximum Gasteiger partial charge on any atom is 0.255 e. The summed E-state index contributed by atoms with van der Waals surface area (Å²) in [5, 5.41) is 2.75. The van der Waals surface area contributed by atoms with Gasteiger partial charge in [-0.1, -0.05) is 11.6 Å². The van der Waals surface area contributed by atoms with Gasteiger partial charge in [-0.2, -0.15) is 0 Å². The van der Waals surface area contributed by atoms with Gasteiger partial charge in [0.2, 0.25) is 0 Å². The number of nitrogens with zero attached hydrogens (tertiary/aromatic N) is 1. The zero-order valence-corrected chi connectivity index (χ0v) is 10.8. The summed E-state index contributed by atoms with van der Waals surface area (Å²) in [7, 11) is 0. The third-order valence-corrected chi connectivity index (χ3v) is 2.79. The molecule has 98 valence electrons. The van der Waals surface area contributed by atoms with Gasteiger partial charge in [-0.25, -0.2) is 9.37 Å². The number of amides is 1. The number of carbonyl (C=O) groups is 1. The molecule has 0 fully saturated rings. The lowest BCUT2D eigenvalue weighted by Gasteiger charge is -2.08. The molecule has 0 aliphatic heterocycles. The van der Waals surface area contributed by atoms with Gasteiger partial charge >= 0.3 is 0 Å². The first-order valence-electron chi connectivity index (χ1n) is 5.46. The number of hydrogen-bond donors (Lipinski definition) is 2. The van der Waals surface area contributed by atoms with Crippen molar-refractivity contribution in [3.8, 4) is 0 Å². The van der Waals surface area contributed by atoms with E-state index in [4.69, 9.17) is 17.3 Å². The summed E-state index contributed by atoms with van der Waals surface area (Å²) >= 11 is 5.86. The van der Waals surface area contributed by atoms with Crippen molar-refractivity contribution in [2.24, 2.45) is 0 Å². The molecule has 0 aliphatic rings. The van der Waals surface area contributed by atoms with Gasteiger partial charge in [-0.3, -0.25) is 4.79 Å². The number of carbonyl (C=O) groups excluding carboxylic acids is 1. The standard InChI is InChI=1S/C13H11ClFN3O/c1-7-4-11(12(14)17-6-7)18-13(19)8-2-3-10(16)9(15)5-8/h2-6H,16H2,1H3,(H,18,19). The first kappa shape index (κ1) is 13.3. The van der Waals surface area contributed by atoms with Crippen LogP contribution in [0.2, 0.25) is 5.15 Å². The monoisotopic (exact) mass is 279 g/mol. The van der Waals surface area contributed by atoms with Gasteiger partial charge in [0.25, 0.3) is 5.91 Å². The third kappa shape index (κ3) is 3.00. The highest BCUT2D eigenvalue weighted by Crippen LogP contribution is 2.21. The lowest BCUT2D eigenvalue weighted by Crippen LogP contribution is -2.13. The lowest BCUT2D eigenvalue weighted by molar-refractivity contribution is 0.102. The van der Waals surface area contributed by atoms with Crippen LogP contribution < -0.4 is 11.1 Å². The molecule has 1 aromatic heterocycles. The van der Waals surface area contributed by atoms with Crippen LogP contribution in [-0.4, -0.2) is 10.9 Å². The molecule has 1 heterocycles. The fraction of sp³-hybridized carbons (Fsp3) is 0.0769. The second-order valence-corrected chi connectivity index (χ2v) is 4.40. The molecule has 0 aliphatic carbocycles. The number of anilines is 2. The van der Waals surface area contributed by atoms with E-state index in [0.717, 1.165) is 11.6 Å². The Bertz CT molecular complexity index is 646. The molecule has 0 radical (unpaired) electrons. The number of rotatable bonds is 2. The van der Waals surface area contributed by atoms with E-state index in [2.05, 4.69) is 10.3 Å². The number of pyridine rings is 1. The van der Waals surface area contributed by atoms with Gasteiger partial charge in [0.05, 0.1) is 11.4 Å². The van der Waals surface area contributed by atoms with E-state index in [9.17, 15) is 9.18 Å². The van der Waals surface area contributed by atoms with Gasteiger partial charge in [-0.15, -0.1) is 0 Å². The SMILES string of the molecule is Cc1cnc(Cl)c(NC(=O)c2ccc(N)c(F)c2)c1. The Labute approximate surface area is 114 Å². The smallest absolute Gasteiger partial charge is 0.255 e. The van der Waals surface area contributed by atoms with Gasteiger partial charge < -0.3 is 11.1 Å². The highest BCUT2D eigenvalue weighted by Gasteiger charge is 2.11. The van der Waals surface area contributed by atoms with Crippen molar-refractivity contribution in [1.82, 2.24) is 4.98 Å². The number of aromatic nitrogens is 1. The van der Waals surface area contributed by atoms with Gasteiger partial charge in [0.15, 0.2) is 5.15 Å². The van der Waals surface area contributed by atoms with Gasteiger partial charge in [-0.05, 0) is 36.8 Å². The molecule has 0 saturated carbocycles. The number of aryl methyl sites for hydroxylation is 1. The van der Waals surface area contributed by atoms with E-state index in [1.165, 1.54) is 12.1 Å². The van der Waals surface area contributed by atoms with E-state index < -0.39 is 11.7 Å². The zero-order valence-electron chi connectivity index (χ0n) is 10.1. The molecule has 2 rings (SSSR count). The Morgan fingerprint density at radius 1 is 1.42 bits per heavy atom. The van der Waals surface area contributed by atoms with Crippen LogP contribution in [0.3, 0.4) is 0 Å². The average molecular weight is 280 g/mol. The molecule has 19 heavy (non-hydrogen) atoms. The van der Waals surface area contributed by atoms with Crippen molar-refractivity contribution < 1.29 is 9.18 Å². The van der Waals surface area contributed by atoms with Crippen LogP contribution in [0.25, 0.3) is 0 Å². The summed E-state index contributed by atoms with van der Waals surface area (Å²) in [5.41, 5.74) is 6.73. The zero-order chi connectivity index (χ0) is 14.0. The Morgan fingerprint density at radius 2 is 2.16 bits per heavy atom. The van der Waals surface area contributed by atoms with Crippen molar-refractivity contribution in [2.75, 3.05) is 11.1 Å². The van der Waals surface area contributed by atoms with Crippen LogP contribution in [0.4, 0.5) is 15.8 Å². The summed E-state index contributed by atoms with van der Waals surface area (Å²) in [4.78, 5) is 15.8. The average Bonchev–Trinajstić information content (AvgIpc) is 2.37. The summed E-state index contributed by atoms with van der Waals surface area (Å²) < 4.78 is 13.3. The predicted molar refractivity (Wildman–Crippen MR) is 72.7 cm³/mol. The van der Waals surface area contributed by atoms with E-state index in [1.54, 1.807) is 12.3 Å². The molecular weight excluding hydrogens is 269 g/mol. The lowest BCUT2D eigenvalue weighted by atomic mass is 10.2. The minimum atomic E-state index is -0.638. The topological polar surface area (TPSA) is 68.0 Å².